The highest BCUT2D eigenvalue weighted by Gasteiger charge is 2.48. The Balaban J connectivity index is 1.52. The molecular formula is C21H20F2N6O2. The van der Waals surface area contributed by atoms with Crippen LogP contribution >= 0.6 is 0 Å². The van der Waals surface area contributed by atoms with Crippen molar-refractivity contribution in [2.24, 2.45) is 0 Å². The summed E-state index contributed by atoms with van der Waals surface area (Å²) < 4.78 is 27.9. The van der Waals surface area contributed by atoms with Gasteiger partial charge in [-0.1, -0.05) is 0 Å². The van der Waals surface area contributed by atoms with Crippen LogP contribution in [0, 0.1) is 5.82 Å². The Morgan fingerprint density at radius 1 is 1.26 bits per heavy atom. The van der Waals surface area contributed by atoms with Crippen LogP contribution in [-0.4, -0.2) is 50.9 Å². The van der Waals surface area contributed by atoms with Gasteiger partial charge in [0.25, 0.3) is 5.91 Å². The minimum Gasteiger partial charge on any atom is -0.507 e. The predicted octanol–water partition coefficient (Wildman–Crippen LogP) is 2.62. The Hall–Kier alpha value is -3.69. The van der Waals surface area contributed by atoms with Gasteiger partial charge < -0.3 is 15.7 Å². The number of nitrogens with one attached hydrogen (secondary N) is 2. The van der Waals surface area contributed by atoms with Crippen LogP contribution in [0.1, 0.15) is 28.9 Å². The predicted molar refractivity (Wildman–Crippen MR) is 109 cm³/mol. The van der Waals surface area contributed by atoms with E-state index < -0.39 is 17.4 Å². The third-order valence-corrected chi connectivity index (χ3v) is 5.39. The quantitative estimate of drug-likeness (QED) is 0.555. The Labute approximate surface area is 176 Å². The molecule has 3 N–H and O–H groups in total. The molecule has 2 heterocycles. The van der Waals surface area contributed by atoms with Crippen LogP contribution < -0.4 is 10.6 Å². The van der Waals surface area contributed by atoms with Gasteiger partial charge in [0.05, 0.1) is 11.9 Å². The van der Waals surface area contributed by atoms with Gasteiger partial charge in [0, 0.05) is 36.3 Å². The molecule has 31 heavy (non-hydrogen) atoms. The van der Waals surface area contributed by atoms with Crippen molar-refractivity contribution in [1.29, 1.82) is 0 Å². The summed E-state index contributed by atoms with van der Waals surface area (Å²) in [5, 5.41) is 23.7. The number of phenolic OH excluding ortho intramolecular Hbond substituents is 1. The number of aromatic hydroxyl groups is 1. The van der Waals surface area contributed by atoms with Crippen LogP contribution in [0.5, 0.6) is 5.75 Å². The van der Waals surface area contributed by atoms with Gasteiger partial charge in [-0.2, -0.15) is 0 Å². The Bertz CT molecular complexity index is 1100. The first-order valence-corrected chi connectivity index (χ1v) is 9.66. The molecule has 8 nitrogen and oxygen atoms in total. The number of benzene rings is 1. The molecule has 0 unspecified atom stereocenters. The maximum absolute atomic E-state index is 14.2. The minimum atomic E-state index is -1.01. The largest absolute Gasteiger partial charge is 0.507 e. The van der Waals surface area contributed by atoms with Gasteiger partial charge >= 0.3 is 0 Å². The number of phenols is 1. The lowest BCUT2D eigenvalue weighted by atomic mass is 9.65. The van der Waals surface area contributed by atoms with Gasteiger partial charge in [0.1, 0.15) is 23.4 Å². The smallest absolute Gasteiger partial charge is 0.251 e. The molecule has 10 heteroatoms. The number of pyridine rings is 1. The van der Waals surface area contributed by atoms with E-state index in [-0.39, 0.29) is 48.4 Å². The monoisotopic (exact) mass is 426 g/mol. The number of nitrogens with zero attached hydrogens (tertiary/aromatic N) is 4. The molecule has 0 aliphatic heterocycles. The Morgan fingerprint density at radius 2 is 2.06 bits per heavy atom. The second kappa shape index (κ2) is 8.21. The third-order valence-electron chi connectivity index (χ3n) is 5.39. The first-order valence-electron chi connectivity index (χ1n) is 9.66. The van der Waals surface area contributed by atoms with E-state index >= 15 is 0 Å². The molecular weight excluding hydrogens is 406 g/mol. The zero-order valence-corrected chi connectivity index (χ0v) is 16.6. The van der Waals surface area contributed by atoms with E-state index in [2.05, 4.69) is 30.8 Å². The lowest BCUT2D eigenvalue weighted by molar-refractivity contribution is 0.0958. The number of rotatable bonds is 6. The van der Waals surface area contributed by atoms with Crippen molar-refractivity contribution in [2.45, 2.75) is 24.4 Å². The second-order valence-corrected chi connectivity index (χ2v) is 7.45. The van der Waals surface area contributed by atoms with Gasteiger partial charge in [-0.3, -0.25) is 9.78 Å². The van der Waals surface area contributed by atoms with E-state index in [1.54, 1.807) is 0 Å². The number of alkyl halides is 1. The summed E-state index contributed by atoms with van der Waals surface area (Å²) in [6, 6.07) is 7.17. The first-order chi connectivity index (χ1) is 14.9. The van der Waals surface area contributed by atoms with E-state index in [1.165, 1.54) is 49.8 Å². The maximum Gasteiger partial charge on any atom is 0.251 e. The van der Waals surface area contributed by atoms with Gasteiger partial charge in [-0.05, 0) is 43.2 Å². The zero-order chi connectivity index (χ0) is 22.0. The number of anilines is 1. The van der Waals surface area contributed by atoms with Crippen molar-refractivity contribution in [1.82, 2.24) is 25.5 Å². The molecule has 1 fully saturated rings. The zero-order valence-electron chi connectivity index (χ0n) is 16.6. The fourth-order valence-corrected chi connectivity index (χ4v) is 3.74. The van der Waals surface area contributed by atoms with Crippen molar-refractivity contribution >= 4 is 11.9 Å². The number of hydrogen-bond acceptors (Lipinski definition) is 7. The van der Waals surface area contributed by atoms with Crippen LogP contribution in [0.25, 0.3) is 11.3 Å². The molecule has 0 radical (unpaired) electrons. The first kappa shape index (κ1) is 20.6. The average molecular weight is 426 g/mol. The van der Waals surface area contributed by atoms with Crippen molar-refractivity contribution in [3.8, 4) is 17.0 Å². The summed E-state index contributed by atoms with van der Waals surface area (Å²) >= 11 is 0. The number of aromatic nitrogens is 4. The highest BCUT2D eigenvalue weighted by Crippen LogP contribution is 2.45. The average Bonchev–Trinajstić information content (AvgIpc) is 2.76. The molecule has 1 aliphatic rings. The fourth-order valence-electron chi connectivity index (χ4n) is 3.74. The van der Waals surface area contributed by atoms with Crippen LogP contribution in [0.3, 0.4) is 0 Å². The van der Waals surface area contributed by atoms with E-state index in [9.17, 15) is 18.7 Å². The second-order valence-electron chi connectivity index (χ2n) is 7.45. The maximum atomic E-state index is 14.2. The normalized spacial score (nSPS) is 20.0. The molecule has 0 saturated heterocycles. The number of halogens is 2. The van der Waals surface area contributed by atoms with Crippen LogP contribution in [0.15, 0.2) is 42.7 Å². The molecule has 0 bridgehead atoms. The van der Waals surface area contributed by atoms with Crippen molar-refractivity contribution in [3.63, 3.8) is 0 Å². The van der Waals surface area contributed by atoms with Gasteiger partial charge in [-0.25, -0.2) is 13.8 Å². The highest BCUT2D eigenvalue weighted by molar-refractivity contribution is 5.95. The van der Waals surface area contributed by atoms with Crippen molar-refractivity contribution < 1.29 is 18.7 Å². The Morgan fingerprint density at radius 3 is 2.71 bits per heavy atom. The molecule has 1 aliphatic carbocycles. The van der Waals surface area contributed by atoms with E-state index in [1.807, 2.05) is 0 Å². The number of carbonyl (C=O) groups excluding carboxylic acids is 1. The van der Waals surface area contributed by atoms with E-state index in [0.717, 1.165) is 0 Å². The number of hydrogen-bond donors (Lipinski definition) is 3. The summed E-state index contributed by atoms with van der Waals surface area (Å²) in [5.41, 5.74) is 0.361. The third kappa shape index (κ3) is 4.00. The standard InChI is InChI=1S/C21H20F2N6O2/c1-24-19(31)12-4-5-17(30)14(7-12)16-10-26-20(29-28-16)27-11-21(8-13(22)9-21)18-15(23)3-2-6-25-18/h2-7,10,13,30H,8-9,11H2,1H3,(H,24,31)(H,26,27,29)/t13-,21-. The van der Waals surface area contributed by atoms with Gasteiger partial charge in [-0.15, -0.1) is 10.2 Å². The van der Waals surface area contributed by atoms with Crippen LogP contribution in [-0.2, 0) is 5.41 Å². The molecule has 3 aromatic rings. The van der Waals surface area contributed by atoms with Crippen molar-refractivity contribution in [2.75, 3.05) is 18.9 Å². The van der Waals surface area contributed by atoms with Gasteiger partial charge in [0.2, 0.25) is 5.95 Å². The minimum absolute atomic E-state index is 0.0718. The molecule has 1 aromatic carbocycles. The van der Waals surface area contributed by atoms with Gasteiger partial charge in [0.15, 0.2) is 0 Å². The van der Waals surface area contributed by atoms with E-state index in [0.29, 0.717) is 11.1 Å². The lowest BCUT2D eigenvalue weighted by Crippen LogP contribution is -2.49. The fraction of sp³-hybridized carbons (Fsp3) is 0.286. The Kier molecular flexibility index (Phi) is 5.45. The summed E-state index contributed by atoms with van der Waals surface area (Å²) in [5.74, 6) is -0.683. The topological polar surface area (TPSA) is 113 Å². The number of amides is 1. The van der Waals surface area contributed by atoms with E-state index in [4.69, 9.17) is 0 Å². The molecule has 1 amide bonds. The van der Waals surface area contributed by atoms with Crippen molar-refractivity contribution in [3.05, 3.63) is 59.8 Å². The SMILES string of the molecule is CNC(=O)c1ccc(O)c(-c2cnc(NC[C@]3(c4ncccc4F)C[C@H](F)C3)nn2)c1. The summed E-state index contributed by atoms with van der Waals surface area (Å²) in [7, 11) is 1.51. The molecule has 1 saturated carbocycles. The molecule has 4 rings (SSSR count). The summed E-state index contributed by atoms with van der Waals surface area (Å²) in [6.45, 7) is 0.194. The van der Waals surface area contributed by atoms with Crippen LogP contribution in [0.2, 0.25) is 0 Å². The molecule has 2 aromatic heterocycles. The highest BCUT2D eigenvalue weighted by atomic mass is 19.1. The lowest BCUT2D eigenvalue weighted by Gasteiger charge is -2.43. The number of carbonyl (C=O) groups is 1. The molecule has 0 atom stereocenters. The van der Waals surface area contributed by atoms with Crippen LogP contribution in [0.4, 0.5) is 14.7 Å². The summed E-state index contributed by atoms with van der Waals surface area (Å²) in [4.78, 5) is 20.1. The molecule has 0 spiro atoms. The molecule has 160 valence electrons. The summed E-state index contributed by atoms with van der Waals surface area (Å²) in [6.07, 6.45) is 2.17.